The van der Waals surface area contributed by atoms with Gasteiger partial charge in [0, 0.05) is 18.1 Å². The van der Waals surface area contributed by atoms with E-state index >= 15 is 0 Å². The highest BCUT2D eigenvalue weighted by Gasteiger charge is 2.12. The van der Waals surface area contributed by atoms with Crippen LogP contribution in [0.25, 0.3) is 0 Å². The molecule has 0 aliphatic carbocycles. The van der Waals surface area contributed by atoms with Crippen LogP contribution in [-0.2, 0) is 6.42 Å². The van der Waals surface area contributed by atoms with Crippen molar-refractivity contribution in [3.63, 3.8) is 0 Å². The van der Waals surface area contributed by atoms with Gasteiger partial charge in [0.2, 0.25) is 0 Å². The zero-order chi connectivity index (χ0) is 15.4. The fraction of sp³-hybridized carbons (Fsp3) is 0.182. The second kappa shape index (κ2) is 6.18. The number of hydrogen-bond donors (Lipinski definition) is 2. The Hall–Kier alpha value is -2.68. The van der Waals surface area contributed by atoms with E-state index in [2.05, 4.69) is 20.7 Å². The number of halogens is 1. The summed E-state index contributed by atoms with van der Waals surface area (Å²) in [7, 11) is 0. The van der Waals surface area contributed by atoms with Crippen molar-refractivity contribution in [2.45, 2.75) is 13.3 Å². The van der Waals surface area contributed by atoms with Crippen molar-refractivity contribution in [1.82, 2.24) is 14.9 Å². The lowest BCUT2D eigenvalue weighted by Crippen LogP contribution is -2.14. The average Bonchev–Trinajstić information content (AvgIpc) is 2.81. The van der Waals surface area contributed by atoms with E-state index in [-0.39, 0.29) is 16.7 Å². The smallest absolute Gasteiger partial charge is 0.288 e. The van der Waals surface area contributed by atoms with Crippen LogP contribution in [-0.4, -0.2) is 26.0 Å². The van der Waals surface area contributed by atoms with Gasteiger partial charge in [-0.3, -0.25) is 10.1 Å². The van der Waals surface area contributed by atoms with Crippen molar-refractivity contribution < 1.29 is 4.92 Å². The minimum atomic E-state index is -0.558. The molecule has 0 aliphatic heterocycles. The molecule has 1 aromatic heterocycles. The Balaban J connectivity index is 2.12. The second-order valence-corrected chi connectivity index (χ2v) is 4.41. The van der Waals surface area contributed by atoms with Crippen LogP contribution in [0.2, 0.25) is 5.02 Å². The van der Waals surface area contributed by atoms with Gasteiger partial charge in [-0.2, -0.15) is 5.10 Å². The number of rotatable bonds is 5. The van der Waals surface area contributed by atoms with E-state index in [9.17, 15) is 10.1 Å². The van der Waals surface area contributed by atoms with Crippen molar-refractivity contribution in [3.05, 3.63) is 44.7 Å². The summed E-state index contributed by atoms with van der Waals surface area (Å²) >= 11 is 5.72. The number of hydrazone groups is 1. The van der Waals surface area contributed by atoms with Crippen molar-refractivity contribution in [1.29, 1.82) is 0 Å². The summed E-state index contributed by atoms with van der Waals surface area (Å²) in [5, 5.41) is 22.4. The van der Waals surface area contributed by atoms with Crippen molar-refractivity contribution in [2.24, 2.45) is 5.10 Å². The predicted octanol–water partition coefficient (Wildman–Crippen LogP) is 1.56. The molecule has 1 heterocycles. The molecule has 0 aliphatic rings. The summed E-state index contributed by atoms with van der Waals surface area (Å²) in [6, 6.07) is 4.35. The summed E-state index contributed by atoms with van der Waals surface area (Å²) in [6.07, 6.45) is 2.03. The summed E-state index contributed by atoms with van der Waals surface area (Å²) in [5.74, 6) is 6.60. The highest BCUT2D eigenvalue weighted by Crippen LogP contribution is 2.24. The van der Waals surface area contributed by atoms with Gasteiger partial charge in [-0.15, -0.1) is 10.2 Å². The summed E-state index contributed by atoms with van der Waals surface area (Å²) in [5.41, 5.74) is 2.94. The fourth-order valence-corrected chi connectivity index (χ4v) is 1.74. The Morgan fingerprint density at radius 1 is 1.57 bits per heavy atom. The molecule has 9 nitrogen and oxygen atoms in total. The van der Waals surface area contributed by atoms with E-state index in [0.717, 1.165) is 0 Å². The van der Waals surface area contributed by atoms with Crippen LogP contribution >= 0.6 is 11.6 Å². The molecule has 0 unspecified atom stereocenters. The number of nitrogens with zero attached hydrogens (tertiary/aromatic N) is 5. The predicted molar refractivity (Wildman–Crippen MR) is 78.9 cm³/mol. The minimum Gasteiger partial charge on any atom is -0.335 e. The van der Waals surface area contributed by atoms with Gasteiger partial charge in [-0.05, 0) is 6.07 Å². The van der Waals surface area contributed by atoms with E-state index < -0.39 is 4.92 Å². The van der Waals surface area contributed by atoms with Gasteiger partial charge >= 0.3 is 0 Å². The van der Waals surface area contributed by atoms with Crippen molar-refractivity contribution >= 4 is 29.5 Å². The number of nitro groups is 1. The summed E-state index contributed by atoms with van der Waals surface area (Å²) < 4.78 is 1.28. The van der Waals surface area contributed by atoms with Gasteiger partial charge < -0.3 is 5.84 Å². The van der Waals surface area contributed by atoms with Crippen LogP contribution in [0.1, 0.15) is 18.3 Å². The Bertz CT molecular complexity index is 698. The molecule has 0 saturated carbocycles. The lowest BCUT2D eigenvalue weighted by molar-refractivity contribution is -0.384. The minimum absolute atomic E-state index is 0.0689. The number of anilines is 1. The van der Waals surface area contributed by atoms with Gasteiger partial charge in [0.25, 0.3) is 11.6 Å². The molecule has 3 N–H and O–H groups in total. The van der Waals surface area contributed by atoms with Crippen LogP contribution < -0.4 is 11.3 Å². The first-order valence-electron chi connectivity index (χ1n) is 5.95. The number of nitrogen functional groups attached to an aromatic ring is 1. The van der Waals surface area contributed by atoms with Gasteiger partial charge in [-0.1, -0.05) is 24.6 Å². The Kier molecular flexibility index (Phi) is 4.33. The molecule has 0 radical (unpaired) electrons. The molecule has 10 heteroatoms. The number of benzene rings is 1. The third kappa shape index (κ3) is 3.26. The quantitative estimate of drug-likeness (QED) is 0.374. The maximum atomic E-state index is 10.8. The highest BCUT2D eigenvalue weighted by atomic mass is 35.5. The largest absolute Gasteiger partial charge is 0.335 e. The normalized spacial score (nSPS) is 11.0. The maximum absolute atomic E-state index is 10.8. The zero-order valence-corrected chi connectivity index (χ0v) is 11.8. The molecule has 0 bridgehead atoms. The first-order valence-corrected chi connectivity index (χ1v) is 6.33. The molecule has 0 spiro atoms. The molecule has 21 heavy (non-hydrogen) atoms. The summed E-state index contributed by atoms with van der Waals surface area (Å²) in [4.78, 5) is 10.2. The third-order valence-electron chi connectivity index (χ3n) is 2.63. The topological polar surface area (TPSA) is 124 Å². The van der Waals surface area contributed by atoms with E-state index in [1.165, 1.54) is 23.0 Å². The second-order valence-electron chi connectivity index (χ2n) is 4.00. The molecule has 0 fully saturated rings. The fourth-order valence-electron chi connectivity index (χ4n) is 1.56. The van der Waals surface area contributed by atoms with Crippen molar-refractivity contribution in [2.75, 3.05) is 11.3 Å². The number of nitro benzene ring substituents is 1. The molecule has 0 atom stereocenters. The lowest BCUT2D eigenvalue weighted by Gasteiger charge is -2.00. The first-order chi connectivity index (χ1) is 10.0. The first kappa shape index (κ1) is 14.7. The Morgan fingerprint density at radius 3 is 2.95 bits per heavy atom. The number of nitrogens with two attached hydrogens (primary N) is 1. The van der Waals surface area contributed by atoms with Crippen LogP contribution in [0.4, 0.5) is 11.6 Å². The lowest BCUT2D eigenvalue weighted by atomic mass is 10.2. The molecule has 2 aromatic rings. The van der Waals surface area contributed by atoms with Crippen LogP contribution in [0, 0.1) is 10.1 Å². The molecule has 0 saturated heterocycles. The van der Waals surface area contributed by atoms with E-state index in [1.807, 2.05) is 6.92 Å². The van der Waals surface area contributed by atoms with Gasteiger partial charge in [0.05, 0.1) is 11.1 Å². The molecule has 1 aromatic carbocycles. The number of nitrogens with one attached hydrogen (secondary N) is 1. The number of aryl methyl sites for hydroxylation is 1. The molecule has 110 valence electrons. The standard InChI is InChI=1S/C11H12ClN7O2/c1-2-10-15-17-11(18(10)13)16-14-6-7-3-4-8(12)9(5-7)19(20)21/h3-6H,2,13H2,1H3,(H,16,17)/b14-6-. The van der Waals surface area contributed by atoms with E-state index in [4.69, 9.17) is 17.4 Å². The van der Waals surface area contributed by atoms with Crippen LogP contribution in [0.3, 0.4) is 0 Å². The number of hydrogen-bond acceptors (Lipinski definition) is 7. The monoisotopic (exact) mass is 309 g/mol. The summed E-state index contributed by atoms with van der Waals surface area (Å²) in [6.45, 7) is 1.90. The Labute approximate surface area is 124 Å². The average molecular weight is 310 g/mol. The van der Waals surface area contributed by atoms with Gasteiger partial charge in [0.1, 0.15) is 5.02 Å². The molecular weight excluding hydrogens is 298 g/mol. The van der Waals surface area contributed by atoms with E-state index in [1.54, 1.807) is 6.07 Å². The third-order valence-corrected chi connectivity index (χ3v) is 2.95. The van der Waals surface area contributed by atoms with Gasteiger partial charge in [-0.25, -0.2) is 10.1 Å². The van der Waals surface area contributed by atoms with Crippen molar-refractivity contribution in [3.8, 4) is 0 Å². The maximum Gasteiger partial charge on any atom is 0.288 e. The van der Waals surface area contributed by atoms with E-state index in [0.29, 0.717) is 17.8 Å². The molecular formula is C11H12ClN7O2. The number of aromatic nitrogens is 3. The Morgan fingerprint density at radius 2 is 2.33 bits per heavy atom. The highest BCUT2D eigenvalue weighted by molar-refractivity contribution is 6.32. The molecule has 2 rings (SSSR count). The van der Waals surface area contributed by atoms with Gasteiger partial charge in [0.15, 0.2) is 5.82 Å². The zero-order valence-electron chi connectivity index (χ0n) is 11.0. The van der Waals surface area contributed by atoms with Crippen LogP contribution in [0.15, 0.2) is 23.3 Å². The van der Waals surface area contributed by atoms with Crippen LogP contribution in [0.5, 0.6) is 0 Å². The SMILES string of the molecule is CCc1nnc(N/N=C\c2ccc(Cl)c([N+](=O)[O-])c2)n1N. The molecule has 0 amide bonds.